The number of aliphatic hydroxyl groups is 1. The number of unbranched alkanes of at least 4 members (excludes halogenated alkanes) is 3. The Bertz CT molecular complexity index is 476. The van der Waals surface area contributed by atoms with E-state index in [2.05, 4.69) is 5.32 Å². The molecule has 1 aromatic carbocycles. The monoisotopic (exact) mass is 282 g/mol. The Labute approximate surface area is 116 Å². The molecular weight excluding hydrogens is 264 g/mol. The predicted octanol–water partition coefficient (Wildman–Crippen LogP) is 2.26. The van der Waals surface area contributed by atoms with E-state index in [0.717, 1.165) is 31.7 Å². The number of rotatable bonds is 9. The number of aromatic carboxylic acids is 1. The first-order valence-electron chi connectivity index (χ1n) is 6.42. The Morgan fingerprint density at radius 3 is 2.55 bits per heavy atom. The van der Waals surface area contributed by atoms with Crippen LogP contribution in [0.2, 0.25) is 0 Å². The van der Waals surface area contributed by atoms with Gasteiger partial charge in [0.1, 0.15) is 5.69 Å². The second-order valence-electron chi connectivity index (χ2n) is 4.36. The second kappa shape index (κ2) is 8.11. The van der Waals surface area contributed by atoms with E-state index in [4.69, 9.17) is 10.2 Å². The highest BCUT2D eigenvalue weighted by molar-refractivity contribution is 5.89. The minimum Gasteiger partial charge on any atom is -0.478 e. The van der Waals surface area contributed by atoms with Crippen LogP contribution in [-0.2, 0) is 0 Å². The molecule has 0 spiro atoms. The van der Waals surface area contributed by atoms with Gasteiger partial charge in [0.25, 0.3) is 5.69 Å². The molecule has 0 fully saturated rings. The molecule has 0 aliphatic heterocycles. The lowest BCUT2D eigenvalue weighted by Gasteiger charge is -2.07. The fraction of sp³-hybridized carbons (Fsp3) is 0.462. The molecule has 0 aliphatic carbocycles. The second-order valence-corrected chi connectivity index (χ2v) is 4.36. The number of carboxylic acid groups (broad SMARTS) is 1. The zero-order valence-corrected chi connectivity index (χ0v) is 11.0. The van der Waals surface area contributed by atoms with Gasteiger partial charge in [-0.05, 0) is 25.0 Å². The van der Waals surface area contributed by atoms with E-state index in [1.165, 1.54) is 12.1 Å². The third-order valence-electron chi connectivity index (χ3n) is 2.84. The summed E-state index contributed by atoms with van der Waals surface area (Å²) in [6.45, 7) is 0.744. The lowest BCUT2D eigenvalue weighted by atomic mass is 10.1. The van der Waals surface area contributed by atoms with Crippen LogP contribution in [0.15, 0.2) is 18.2 Å². The minimum absolute atomic E-state index is 0.106. The summed E-state index contributed by atoms with van der Waals surface area (Å²) in [6.07, 6.45) is 3.43. The number of nitrogens with one attached hydrogen (secondary N) is 1. The van der Waals surface area contributed by atoms with Crippen LogP contribution in [0.4, 0.5) is 11.4 Å². The Balaban J connectivity index is 2.60. The Morgan fingerprint density at radius 1 is 1.25 bits per heavy atom. The van der Waals surface area contributed by atoms with E-state index in [0.29, 0.717) is 12.2 Å². The molecule has 3 N–H and O–H groups in total. The van der Waals surface area contributed by atoms with Crippen LogP contribution in [0, 0.1) is 10.1 Å². The summed E-state index contributed by atoms with van der Waals surface area (Å²) in [4.78, 5) is 21.1. The molecule has 0 unspecified atom stereocenters. The third-order valence-corrected chi connectivity index (χ3v) is 2.84. The SMILES string of the molecule is O=C(O)c1ccc(NCCCCCCO)c([N+](=O)[O-])c1. The van der Waals surface area contributed by atoms with Crippen LogP contribution in [-0.4, -0.2) is 34.3 Å². The van der Waals surface area contributed by atoms with Crippen LogP contribution in [0.25, 0.3) is 0 Å². The van der Waals surface area contributed by atoms with Gasteiger partial charge in [0.15, 0.2) is 0 Å². The molecule has 0 amide bonds. The Morgan fingerprint density at radius 2 is 1.95 bits per heavy atom. The zero-order chi connectivity index (χ0) is 15.0. The molecule has 0 aromatic heterocycles. The summed E-state index contributed by atoms with van der Waals surface area (Å²) in [5.74, 6) is -1.19. The molecule has 7 heteroatoms. The van der Waals surface area contributed by atoms with Crippen LogP contribution >= 0.6 is 0 Å². The van der Waals surface area contributed by atoms with Gasteiger partial charge in [-0.1, -0.05) is 12.8 Å². The number of hydrogen-bond acceptors (Lipinski definition) is 5. The number of anilines is 1. The van der Waals surface area contributed by atoms with Gasteiger partial charge in [0.05, 0.1) is 10.5 Å². The van der Waals surface area contributed by atoms with Crippen molar-refractivity contribution in [3.8, 4) is 0 Å². The Kier molecular flexibility index (Phi) is 6.45. The van der Waals surface area contributed by atoms with E-state index in [9.17, 15) is 14.9 Å². The molecule has 0 atom stereocenters. The Hall–Kier alpha value is -2.15. The molecule has 20 heavy (non-hydrogen) atoms. The molecule has 0 heterocycles. The number of nitrogens with zero attached hydrogens (tertiary/aromatic N) is 1. The largest absolute Gasteiger partial charge is 0.478 e. The molecule has 7 nitrogen and oxygen atoms in total. The lowest BCUT2D eigenvalue weighted by Crippen LogP contribution is -2.06. The van der Waals surface area contributed by atoms with Gasteiger partial charge in [-0.25, -0.2) is 4.79 Å². The van der Waals surface area contributed by atoms with Gasteiger partial charge in [-0.2, -0.15) is 0 Å². The summed E-state index contributed by atoms with van der Waals surface area (Å²) < 4.78 is 0. The highest BCUT2D eigenvalue weighted by Gasteiger charge is 2.16. The van der Waals surface area contributed by atoms with Crippen LogP contribution < -0.4 is 5.32 Å². The molecule has 0 aliphatic rings. The van der Waals surface area contributed by atoms with Crippen molar-refractivity contribution in [3.63, 3.8) is 0 Å². The number of nitro benzene ring substituents is 1. The van der Waals surface area contributed by atoms with Crippen LogP contribution in [0.1, 0.15) is 36.0 Å². The van der Waals surface area contributed by atoms with Crippen molar-refractivity contribution in [2.24, 2.45) is 0 Å². The number of hydrogen-bond donors (Lipinski definition) is 3. The molecule has 0 radical (unpaired) electrons. The van der Waals surface area contributed by atoms with Crippen molar-refractivity contribution in [1.29, 1.82) is 0 Å². The summed E-state index contributed by atoms with van der Waals surface area (Å²) in [6, 6.07) is 3.80. The summed E-state index contributed by atoms with van der Waals surface area (Å²) in [7, 11) is 0. The number of carbonyl (C=O) groups is 1. The van der Waals surface area contributed by atoms with Crippen molar-refractivity contribution >= 4 is 17.3 Å². The maximum Gasteiger partial charge on any atom is 0.335 e. The first kappa shape index (κ1) is 15.9. The normalized spacial score (nSPS) is 10.2. The average molecular weight is 282 g/mol. The van der Waals surface area contributed by atoms with Crippen LogP contribution in [0.5, 0.6) is 0 Å². The molecule has 1 aromatic rings. The van der Waals surface area contributed by atoms with E-state index in [1.54, 1.807) is 0 Å². The van der Waals surface area contributed by atoms with Gasteiger partial charge in [0.2, 0.25) is 0 Å². The standard InChI is InChI=1S/C13H18N2O5/c16-8-4-2-1-3-7-14-11-6-5-10(13(17)18)9-12(11)15(19)20/h5-6,9,14,16H,1-4,7-8H2,(H,17,18). The highest BCUT2D eigenvalue weighted by atomic mass is 16.6. The van der Waals surface area contributed by atoms with E-state index < -0.39 is 10.9 Å². The molecule has 1 rings (SSSR count). The van der Waals surface area contributed by atoms with E-state index in [1.807, 2.05) is 0 Å². The zero-order valence-electron chi connectivity index (χ0n) is 11.0. The summed E-state index contributed by atoms with van der Waals surface area (Å²) in [5.41, 5.74) is -0.0207. The van der Waals surface area contributed by atoms with E-state index in [-0.39, 0.29) is 17.9 Å². The number of nitro groups is 1. The van der Waals surface area contributed by atoms with Crippen molar-refractivity contribution in [3.05, 3.63) is 33.9 Å². The van der Waals surface area contributed by atoms with Crippen LogP contribution in [0.3, 0.4) is 0 Å². The van der Waals surface area contributed by atoms with Crippen molar-refractivity contribution in [2.75, 3.05) is 18.5 Å². The maximum absolute atomic E-state index is 10.9. The fourth-order valence-corrected chi connectivity index (χ4v) is 1.78. The quantitative estimate of drug-likeness (QED) is 0.364. The first-order valence-corrected chi connectivity index (χ1v) is 6.42. The predicted molar refractivity (Wildman–Crippen MR) is 74.1 cm³/mol. The molecule has 0 saturated heterocycles. The van der Waals surface area contributed by atoms with Crippen molar-refractivity contribution in [1.82, 2.24) is 0 Å². The molecule has 0 saturated carbocycles. The number of benzene rings is 1. The topological polar surface area (TPSA) is 113 Å². The molecule has 110 valence electrons. The first-order chi connectivity index (χ1) is 9.56. The average Bonchev–Trinajstić information content (AvgIpc) is 2.42. The maximum atomic E-state index is 10.9. The smallest absolute Gasteiger partial charge is 0.335 e. The lowest BCUT2D eigenvalue weighted by molar-refractivity contribution is -0.384. The van der Waals surface area contributed by atoms with Crippen molar-refractivity contribution in [2.45, 2.75) is 25.7 Å². The van der Waals surface area contributed by atoms with Gasteiger partial charge < -0.3 is 15.5 Å². The van der Waals surface area contributed by atoms with Gasteiger partial charge in [-0.15, -0.1) is 0 Å². The summed E-state index contributed by atoms with van der Waals surface area (Å²) in [5, 5.41) is 31.3. The van der Waals surface area contributed by atoms with Crippen molar-refractivity contribution < 1.29 is 19.9 Å². The molecule has 0 bridgehead atoms. The third kappa shape index (κ3) is 4.85. The minimum atomic E-state index is -1.19. The van der Waals surface area contributed by atoms with E-state index >= 15 is 0 Å². The van der Waals surface area contributed by atoms with Gasteiger partial charge in [0, 0.05) is 19.2 Å². The summed E-state index contributed by atoms with van der Waals surface area (Å²) >= 11 is 0. The van der Waals surface area contributed by atoms with Gasteiger partial charge in [-0.3, -0.25) is 10.1 Å². The van der Waals surface area contributed by atoms with Gasteiger partial charge >= 0.3 is 5.97 Å². The number of carboxylic acids is 1. The molecular formula is C13H18N2O5. The number of aliphatic hydroxyl groups excluding tert-OH is 1. The fourth-order valence-electron chi connectivity index (χ4n) is 1.78. The highest BCUT2D eigenvalue weighted by Crippen LogP contribution is 2.25.